The minimum Gasteiger partial charge on any atom is -0.508 e. The normalized spacial score (nSPS) is 12.9. The lowest BCUT2D eigenvalue weighted by molar-refractivity contribution is 0.470. The Labute approximate surface area is 67.0 Å². The van der Waals surface area contributed by atoms with Gasteiger partial charge in [-0.3, -0.25) is 0 Å². The maximum absolute atomic E-state index is 10.5. The molecular formula is C7H8O3S. The molecule has 60 valence electrons. The van der Waals surface area contributed by atoms with E-state index in [0.717, 1.165) is 0 Å². The predicted molar refractivity (Wildman–Crippen MR) is 41.9 cm³/mol. The smallest absolute Gasteiger partial charge is 0.186 e. The highest BCUT2D eigenvalue weighted by molar-refractivity contribution is 7.79. The lowest BCUT2D eigenvalue weighted by Gasteiger charge is -1.98. The summed E-state index contributed by atoms with van der Waals surface area (Å²) >= 11 is -1.96. The summed E-state index contributed by atoms with van der Waals surface area (Å²) in [4.78, 5) is 0.306. The minimum atomic E-state index is -1.96. The van der Waals surface area contributed by atoms with E-state index >= 15 is 0 Å². The van der Waals surface area contributed by atoms with Crippen LogP contribution in [-0.2, 0) is 11.1 Å². The Morgan fingerprint density at radius 3 is 2.55 bits per heavy atom. The zero-order valence-corrected chi connectivity index (χ0v) is 6.76. The Morgan fingerprint density at radius 2 is 2.09 bits per heavy atom. The van der Waals surface area contributed by atoms with Gasteiger partial charge >= 0.3 is 0 Å². The van der Waals surface area contributed by atoms with Crippen molar-refractivity contribution in [1.29, 1.82) is 0 Å². The van der Waals surface area contributed by atoms with Crippen LogP contribution >= 0.6 is 0 Å². The van der Waals surface area contributed by atoms with E-state index in [4.69, 9.17) is 9.66 Å². The molecular weight excluding hydrogens is 164 g/mol. The van der Waals surface area contributed by atoms with Crippen LogP contribution in [0.25, 0.3) is 0 Å². The molecule has 0 aliphatic heterocycles. The fourth-order valence-corrected chi connectivity index (χ4v) is 1.20. The molecule has 3 nitrogen and oxygen atoms in total. The van der Waals surface area contributed by atoms with E-state index in [0.29, 0.717) is 10.5 Å². The van der Waals surface area contributed by atoms with Gasteiger partial charge in [-0.15, -0.1) is 0 Å². The van der Waals surface area contributed by atoms with Crippen LogP contribution in [0.5, 0.6) is 5.75 Å². The summed E-state index contributed by atoms with van der Waals surface area (Å²) in [6.07, 6.45) is 0. The molecule has 0 spiro atoms. The van der Waals surface area contributed by atoms with Crippen LogP contribution in [0.1, 0.15) is 5.56 Å². The standard InChI is InChI=1S/C7H8O3S/c1-5-4-6(11(9)10)2-3-7(5)8/h2-4,8H,1H3,(H,9,10). The van der Waals surface area contributed by atoms with Crippen LogP contribution in [0.2, 0.25) is 0 Å². The first-order valence-corrected chi connectivity index (χ1v) is 4.12. The van der Waals surface area contributed by atoms with Gasteiger partial charge in [-0.2, -0.15) is 0 Å². The van der Waals surface area contributed by atoms with Crippen molar-refractivity contribution in [2.24, 2.45) is 0 Å². The molecule has 2 N–H and O–H groups in total. The Kier molecular flexibility index (Phi) is 2.26. The van der Waals surface area contributed by atoms with Gasteiger partial charge in [0.05, 0.1) is 4.90 Å². The molecule has 4 heteroatoms. The molecule has 0 aromatic heterocycles. The zero-order chi connectivity index (χ0) is 8.43. The first kappa shape index (κ1) is 8.23. The van der Waals surface area contributed by atoms with E-state index in [9.17, 15) is 4.21 Å². The Hall–Kier alpha value is -0.870. The second-order valence-electron chi connectivity index (χ2n) is 2.20. The van der Waals surface area contributed by atoms with Crippen molar-refractivity contribution in [3.8, 4) is 5.75 Å². The molecule has 0 aliphatic rings. The van der Waals surface area contributed by atoms with Crippen LogP contribution in [0.3, 0.4) is 0 Å². The number of rotatable bonds is 1. The number of hydrogen-bond acceptors (Lipinski definition) is 2. The molecule has 1 aromatic carbocycles. The van der Waals surface area contributed by atoms with E-state index < -0.39 is 11.1 Å². The Morgan fingerprint density at radius 1 is 1.45 bits per heavy atom. The fourth-order valence-electron chi connectivity index (χ4n) is 0.737. The summed E-state index contributed by atoms with van der Waals surface area (Å²) in [5, 5.41) is 9.04. The molecule has 1 rings (SSSR count). The average molecular weight is 172 g/mol. The first-order valence-electron chi connectivity index (χ1n) is 3.02. The average Bonchev–Trinajstić information content (AvgIpc) is 1.94. The van der Waals surface area contributed by atoms with Crippen molar-refractivity contribution in [2.45, 2.75) is 11.8 Å². The highest BCUT2D eigenvalue weighted by Gasteiger charge is 2.01. The van der Waals surface area contributed by atoms with Crippen molar-refractivity contribution in [3.05, 3.63) is 23.8 Å². The van der Waals surface area contributed by atoms with Crippen LogP contribution in [-0.4, -0.2) is 13.9 Å². The molecule has 1 aromatic rings. The van der Waals surface area contributed by atoms with Gasteiger partial charge in [0.25, 0.3) is 0 Å². The molecule has 0 radical (unpaired) electrons. The lowest BCUT2D eigenvalue weighted by Crippen LogP contribution is -1.88. The maximum atomic E-state index is 10.5. The third kappa shape index (κ3) is 1.78. The van der Waals surface area contributed by atoms with Crippen LogP contribution < -0.4 is 0 Å². The number of aromatic hydroxyl groups is 1. The molecule has 11 heavy (non-hydrogen) atoms. The quantitative estimate of drug-likeness (QED) is 0.627. The van der Waals surface area contributed by atoms with Crippen molar-refractivity contribution >= 4 is 11.1 Å². The summed E-state index contributed by atoms with van der Waals surface area (Å²) in [7, 11) is 0. The van der Waals surface area contributed by atoms with Gasteiger partial charge in [0.15, 0.2) is 11.1 Å². The summed E-state index contributed by atoms with van der Waals surface area (Å²) in [5.41, 5.74) is 0.602. The van der Waals surface area contributed by atoms with Crippen molar-refractivity contribution in [2.75, 3.05) is 0 Å². The molecule has 0 amide bonds. The van der Waals surface area contributed by atoms with Gasteiger partial charge in [-0.25, -0.2) is 4.21 Å². The second-order valence-corrected chi connectivity index (χ2v) is 3.17. The van der Waals surface area contributed by atoms with Gasteiger partial charge in [0.2, 0.25) is 0 Å². The van der Waals surface area contributed by atoms with E-state index in [1.807, 2.05) is 0 Å². The van der Waals surface area contributed by atoms with Gasteiger partial charge in [0, 0.05) is 0 Å². The SMILES string of the molecule is Cc1cc(S(=O)O)ccc1O. The fraction of sp³-hybridized carbons (Fsp3) is 0.143. The van der Waals surface area contributed by atoms with Gasteiger partial charge in [0.1, 0.15) is 5.75 Å². The topological polar surface area (TPSA) is 57.5 Å². The number of aryl methyl sites for hydroxylation is 1. The van der Waals surface area contributed by atoms with Crippen molar-refractivity contribution < 1.29 is 13.9 Å². The monoisotopic (exact) mass is 172 g/mol. The highest BCUT2D eigenvalue weighted by atomic mass is 32.2. The van der Waals surface area contributed by atoms with Crippen LogP contribution in [0, 0.1) is 6.92 Å². The molecule has 0 fully saturated rings. The lowest BCUT2D eigenvalue weighted by atomic mass is 10.2. The molecule has 0 aliphatic carbocycles. The molecule has 1 atom stereocenters. The Balaban J connectivity index is 3.15. The molecule has 0 bridgehead atoms. The highest BCUT2D eigenvalue weighted by Crippen LogP contribution is 2.18. The van der Waals surface area contributed by atoms with E-state index in [1.54, 1.807) is 6.92 Å². The van der Waals surface area contributed by atoms with E-state index in [-0.39, 0.29) is 5.75 Å². The zero-order valence-electron chi connectivity index (χ0n) is 5.94. The third-order valence-electron chi connectivity index (χ3n) is 1.37. The van der Waals surface area contributed by atoms with Gasteiger partial charge in [-0.1, -0.05) is 0 Å². The minimum absolute atomic E-state index is 0.138. The maximum Gasteiger partial charge on any atom is 0.186 e. The number of phenolic OH excluding ortho intramolecular Hbond substituents is 1. The molecule has 0 saturated heterocycles. The van der Waals surface area contributed by atoms with Gasteiger partial charge in [-0.05, 0) is 30.7 Å². The summed E-state index contributed by atoms with van der Waals surface area (Å²) < 4.78 is 19.1. The molecule has 0 heterocycles. The van der Waals surface area contributed by atoms with Crippen molar-refractivity contribution in [1.82, 2.24) is 0 Å². The van der Waals surface area contributed by atoms with Gasteiger partial charge < -0.3 is 9.66 Å². The third-order valence-corrected chi connectivity index (χ3v) is 2.03. The number of benzene rings is 1. The van der Waals surface area contributed by atoms with E-state index in [1.165, 1.54) is 18.2 Å². The predicted octanol–water partition coefficient (Wildman–Crippen LogP) is 1.28. The van der Waals surface area contributed by atoms with Crippen LogP contribution in [0.15, 0.2) is 23.1 Å². The summed E-state index contributed by atoms with van der Waals surface area (Å²) in [5.74, 6) is 0.138. The largest absolute Gasteiger partial charge is 0.508 e. The second kappa shape index (κ2) is 3.02. The van der Waals surface area contributed by atoms with Crippen molar-refractivity contribution in [3.63, 3.8) is 0 Å². The van der Waals surface area contributed by atoms with E-state index in [2.05, 4.69) is 0 Å². The van der Waals surface area contributed by atoms with Crippen LogP contribution in [0.4, 0.5) is 0 Å². The number of phenols is 1. The Bertz CT molecular complexity index is 296. The molecule has 1 unspecified atom stereocenters. The summed E-state index contributed by atoms with van der Waals surface area (Å²) in [6, 6.07) is 4.29. The molecule has 0 saturated carbocycles. The first-order chi connectivity index (χ1) is 5.11. The number of hydrogen-bond donors (Lipinski definition) is 2. The summed E-state index contributed by atoms with van der Waals surface area (Å²) in [6.45, 7) is 1.67.